The molecule has 0 spiro atoms. The summed E-state index contributed by atoms with van der Waals surface area (Å²) in [6.45, 7) is 0.297. The quantitative estimate of drug-likeness (QED) is 0.220. The van der Waals surface area contributed by atoms with Gasteiger partial charge >= 0.3 is 0 Å². The molecule has 0 atom stereocenters. The molecule has 0 unspecified atom stereocenters. The van der Waals surface area contributed by atoms with Crippen molar-refractivity contribution in [3.63, 3.8) is 0 Å². The maximum atomic E-state index is 13.2. The van der Waals surface area contributed by atoms with Gasteiger partial charge in [0.05, 0.1) is 11.0 Å². The van der Waals surface area contributed by atoms with Crippen LogP contribution in [0.1, 0.15) is 12.0 Å². The number of halogens is 1. The van der Waals surface area contributed by atoms with Crippen LogP contribution in [0.3, 0.4) is 0 Å². The fourth-order valence-corrected chi connectivity index (χ4v) is 3.90. The third-order valence-electron chi connectivity index (χ3n) is 4.95. The average Bonchev–Trinajstić information content (AvgIpc) is 3.23. The highest BCUT2D eigenvalue weighted by atomic mass is 32.2. The van der Waals surface area contributed by atoms with Crippen molar-refractivity contribution < 1.29 is 9.18 Å². The number of fused-ring (bicyclic) bond motifs is 1. The first kappa shape index (κ1) is 22.5. The van der Waals surface area contributed by atoms with E-state index in [1.54, 1.807) is 24.5 Å². The van der Waals surface area contributed by atoms with Crippen LogP contribution < -0.4 is 15.8 Å². The Bertz CT molecular complexity index is 1220. The highest BCUT2D eigenvalue weighted by Crippen LogP contribution is 2.18. The number of nitrogens with zero attached hydrogens (tertiary/aromatic N) is 2. The van der Waals surface area contributed by atoms with Gasteiger partial charge in [0, 0.05) is 35.1 Å². The molecule has 0 aliphatic heterocycles. The summed E-state index contributed by atoms with van der Waals surface area (Å²) in [5, 5.41) is 2.82. The number of aryl methyl sites for hydroxylation is 1. The number of H-pyrrole nitrogens is 1. The number of benzene rings is 2. The highest BCUT2D eigenvalue weighted by Gasteiger charge is 2.16. The first-order valence-corrected chi connectivity index (χ1v) is 11.2. The van der Waals surface area contributed by atoms with Gasteiger partial charge in [-0.2, -0.15) is 0 Å². The van der Waals surface area contributed by atoms with Crippen molar-refractivity contribution in [1.82, 2.24) is 19.7 Å². The number of amides is 1. The average molecular weight is 463 g/mol. The van der Waals surface area contributed by atoms with Gasteiger partial charge in [-0.1, -0.05) is 24.3 Å². The Morgan fingerprint density at radius 2 is 1.91 bits per heavy atom. The zero-order chi connectivity index (χ0) is 23.0. The number of carbonyl (C=O) groups excluding carboxylic acids is 1. The number of nitrogens with one attached hydrogen (secondary N) is 3. The first-order chi connectivity index (χ1) is 16.1. The maximum absolute atomic E-state index is 13.2. The molecular formula is C24H23FN6OS. The van der Waals surface area contributed by atoms with Crippen molar-refractivity contribution in [1.29, 1.82) is 0 Å². The molecular weight excluding hydrogens is 439 g/mol. The monoisotopic (exact) mass is 462 g/mol. The van der Waals surface area contributed by atoms with Gasteiger partial charge in [0.15, 0.2) is 0 Å². The Morgan fingerprint density at radius 3 is 2.67 bits per heavy atom. The molecule has 0 aliphatic rings. The zero-order valence-electron chi connectivity index (χ0n) is 17.7. The molecule has 9 heteroatoms. The van der Waals surface area contributed by atoms with E-state index in [1.165, 1.54) is 24.1 Å². The molecule has 7 nitrogen and oxygen atoms in total. The van der Waals surface area contributed by atoms with Crippen molar-refractivity contribution in [2.45, 2.75) is 17.7 Å². The van der Waals surface area contributed by atoms with E-state index < -0.39 is 0 Å². The lowest BCUT2D eigenvalue weighted by molar-refractivity contribution is -0.113. The van der Waals surface area contributed by atoms with Gasteiger partial charge < -0.3 is 10.7 Å². The molecule has 0 bridgehead atoms. The third-order valence-corrected chi connectivity index (χ3v) is 5.71. The highest BCUT2D eigenvalue weighted by molar-refractivity contribution is 7.97. The zero-order valence-corrected chi connectivity index (χ0v) is 18.5. The van der Waals surface area contributed by atoms with Crippen molar-refractivity contribution in [3.05, 3.63) is 95.7 Å². The molecule has 2 aromatic heterocycles. The number of anilines is 1. The van der Waals surface area contributed by atoms with E-state index in [9.17, 15) is 9.18 Å². The number of carbonyl (C=O) groups is 1. The van der Waals surface area contributed by atoms with Gasteiger partial charge in [-0.05, 0) is 66.8 Å². The molecule has 0 saturated heterocycles. The molecule has 4 aromatic rings. The molecule has 4 rings (SSSR count). The summed E-state index contributed by atoms with van der Waals surface area (Å²) in [4.78, 5) is 25.6. The Morgan fingerprint density at radius 1 is 1.09 bits per heavy atom. The largest absolute Gasteiger partial charge is 0.401 e. The number of aromatic amines is 1. The standard InChI is InChI=1S/C24H23FN6OS/c25-17-10-7-16(8-11-17)9-12-19(20(26)15-28-33-18-4-3-13-27-14-18)23(32)31-24-29-21-5-1-2-6-22(21)30-24/h1-8,10-11,13-14,28H,9,12,15,26H2,(H2,29,30,31,32)/b20-19-. The van der Waals surface area contributed by atoms with E-state index in [-0.39, 0.29) is 11.7 Å². The molecule has 168 valence electrons. The van der Waals surface area contributed by atoms with Gasteiger partial charge in [-0.15, -0.1) is 0 Å². The lowest BCUT2D eigenvalue weighted by Gasteiger charge is -2.13. The lowest BCUT2D eigenvalue weighted by atomic mass is 10.0. The molecule has 2 heterocycles. The predicted molar refractivity (Wildman–Crippen MR) is 129 cm³/mol. The van der Waals surface area contributed by atoms with Crippen LogP contribution >= 0.6 is 11.9 Å². The van der Waals surface area contributed by atoms with E-state index in [2.05, 4.69) is 25.0 Å². The fraction of sp³-hybridized carbons (Fsp3) is 0.125. The van der Waals surface area contributed by atoms with Crippen LogP contribution in [0.5, 0.6) is 0 Å². The number of hydrogen-bond donors (Lipinski definition) is 4. The number of aromatic nitrogens is 3. The van der Waals surface area contributed by atoms with Gasteiger partial charge in [-0.25, -0.2) is 9.37 Å². The number of imidazole rings is 1. The van der Waals surface area contributed by atoms with Crippen molar-refractivity contribution >= 4 is 34.8 Å². The Kier molecular flexibility index (Phi) is 7.33. The molecule has 0 aliphatic carbocycles. The third kappa shape index (κ3) is 6.18. The summed E-state index contributed by atoms with van der Waals surface area (Å²) >= 11 is 1.38. The summed E-state index contributed by atoms with van der Waals surface area (Å²) in [5.41, 5.74) is 9.69. The van der Waals surface area contributed by atoms with Gasteiger partial charge in [0.25, 0.3) is 5.91 Å². The Labute approximate surface area is 194 Å². The van der Waals surface area contributed by atoms with Crippen LogP contribution in [0, 0.1) is 5.82 Å². The molecule has 0 fully saturated rings. The number of pyridine rings is 1. The molecule has 0 saturated carbocycles. The van der Waals surface area contributed by atoms with Crippen LogP contribution in [-0.2, 0) is 11.2 Å². The first-order valence-electron chi connectivity index (χ1n) is 10.4. The second-order valence-electron chi connectivity index (χ2n) is 7.30. The minimum atomic E-state index is -0.332. The molecule has 5 N–H and O–H groups in total. The van der Waals surface area contributed by atoms with Crippen molar-refractivity contribution in [2.24, 2.45) is 5.73 Å². The minimum absolute atomic E-state index is 0.297. The number of para-hydroxylation sites is 2. The van der Waals surface area contributed by atoms with Crippen LogP contribution in [0.4, 0.5) is 10.3 Å². The van der Waals surface area contributed by atoms with E-state index in [1.807, 2.05) is 36.4 Å². The number of rotatable bonds is 9. The van der Waals surface area contributed by atoms with Crippen LogP contribution in [0.25, 0.3) is 11.0 Å². The number of hydrogen-bond acceptors (Lipinski definition) is 6. The second kappa shape index (κ2) is 10.8. The smallest absolute Gasteiger partial charge is 0.255 e. The van der Waals surface area contributed by atoms with Crippen LogP contribution in [-0.4, -0.2) is 27.4 Å². The molecule has 0 radical (unpaired) electrons. The predicted octanol–water partition coefficient (Wildman–Crippen LogP) is 4.18. The molecule has 2 aromatic carbocycles. The summed E-state index contributed by atoms with van der Waals surface area (Å²) in [5.74, 6) is -0.277. The summed E-state index contributed by atoms with van der Waals surface area (Å²) in [6, 6.07) is 17.5. The van der Waals surface area contributed by atoms with Crippen LogP contribution in [0.2, 0.25) is 0 Å². The van der Waals surface area contributed by atoms with Crippen molar-refractivity contribution in [2.75, 3.05) is 11.9 Å². The minimum Gasteiger partial charge on any atom is -0.401 e. The maximum Gasteiger partial charge on any atom is 0.255 e. The Hall–Kier alpha value is -3.69. The summed E-state index contributed by atoms with van der Waals surface area (Å²) < 4.78 is 16.4. The second-order valence-corrected chi connectivity index (χ2v) is 8.26. The molecule has 33 heavy (non-hydrogen) atoms. The van der Waals surface area contributed by atoms with Crippen molar-refractivity contribution in [3.8, 4) is 0 Å². The van der Waals surface area contributed by atoms with Crippen LogP contribution in [0.15, 0.2) is 89.2 Å². The van der Waals surface area contributed by atoms with E-state index >= 15 is 0 Å². The lowest BCUT2D eigenvalue weighted by Crippen LogP contribution is -2.24. The van der Waals surface area contributed by atoms with Gasteiger partial charge in [0.1, 0.15) is 5.82 Å². The SMILES string of the molecule is N/C(CNSc1cccnc1)=C(/CCc1ccc(F)cc1)C(=O)Nc1nc2ccccc2[nH]1. The van der Waals surface area contributed by atoms with E-state index in [0.29, 0.717) is 36.6 Å². The van der Waals surface area contributed by atoms with Gasteiger partial charge in [-0.3, -0.25) is 19.8 Å². The normalized spacial score (nSPS) is 11.9. The molecule has 1 amide bonds. The van der Waals surface area contributed by atoms with E-state index in [0.717, 1.165) is 21.5 Å². The van der Waals surface area contributed by atoms with E-state index in [4.69, 9.17) is 5.73 Å². The summed E-state index contributed by atoms with van der Waals surface area (Å²) in [7, 11) is 0. The number of nitrogens with two attached hydrogens (primary N) is 1. The fourth-order valence-electron chi connectivity index (χ4n) is 3.25. The topological polar surface area (TPSA) is 109 Å². The summed E-state index contributed by atoms with van der Waals surface area (Å²) in [6.07, 6.45) is 4.37. The Balaban J connectivity index is 1.48. The van der Waals surface area contributed by atoms with Gasteiger partial charge in [0.2, 0.25) is 5.95 Å².